The van der Waals surface area contributed by atoms with E-state index in [1.54, 1.807) is 13.2 Å². The highest BCUT2D eigenvalue weighted by Crippen LogP contribution is 2.26. The van der Waals surface area contributed by atoms with Gasteiger partial charge in [0.15, 0.2) is 0 Å². The van der Waals surface area contributed by atoms with Gasteiger partial charge in [-0.15, -0.1) is 0 Å². The van der Waals surface area contributed by atoms with Gasteiger partial charge in [-0.2, -0.15) is 0 Å². The van der Waals surface area contributed by atoms with Crippen molar-refractivity contribution in [1.29, 1.82) is 0 Å². The number of aromatic hydroxyl groups is 1. The average molecular weight is 308 g/mol. The summed E-state index contributed by atoms with van der Waals surface area (Å²) in [7, 11) is 3.82. The topological polar surface area (TPSA) is 33.9 Å². The molecule has 1 unspecified atom stereocenters. The molecule has 0 saturated heterocycles. The van der Waals surface area contributed by atoms with Crippen LogP contribution < -0.4 is 9.64 Å². The van der Waals surface area contributed by atoms with Crippen LogP contribution in [0.1, 0.15) is 11.1 Å². The van der Waals surface area contributed by atoms with E-state index in [9.17, 15) is 5.11 Å². The lowest BCUT2D eigenvalue weighted by Gasteiger charge is -2.16. The summed E-state index contributed by atoms with van der Waals surface area (Å²) in [6.45, 7) is 1.67. The fourth-order valence-electron chi connectivity index (χ4n) is 2.97. The molecule has 2 N–H and O–H groups in total. The molecule has 0 aliphatic rings. The van der Waals surface area contributed by atoms with Crippen LogP contribution >= 0.6 is 0 Å². The Morgan fingerprint density at radius 3 is 2.39 bits per heavy atom. The zero-order valence-corrected chi connectivity index (χ0v) is 13.5. The molecule has 118 valence electrons. The van der Waals surface area contributed by atoms with Crippen molar-refractivity contribution in [2.24, 2.45) is 0 Å². The Kier molecular flexibility index (Phi) is 4.49. The number of hydrogen-bond acceptors (Lipinski definition) is 2. The summed E-state index contributed by atoms with van der Waals surface area (Å²) < 4.78 is 5.19. The predicted octanol–water partition coefficient (Wildman–Crippen LogP) is 2.77. The van der Waals surface area contributed by atoms with Crippen LogP contribution in [0.5, 0.6) is 11.5 Å². The molecule has 0 aliphatic heterocycles. The number of benzene rings is 3. The Balaban J connectivity index is 1.79. The van der Waals surface area contributed by atoms with E-state index in [4.69, 9.17) is 4.74 Å². The van der Waals surface area contributed by atoms with Gasteiger partial charge >= 0.3 is 0 Å². The SMILES string of the molecule is COc1ccc(C[NH+](C)Cc2c(O)ccc3ccccc23)cc1. The molecule has 3 rings (SSSR count). The first-order valence-electron chi connectivity index (χ1n) is 7.81. The standard InChI is InChI=1S/C20H21NO2/c1-21(13-15-7-10-17(23-2)11-8-15)14-19-18-6-4-3-5-16(18)9-12-20(19)22/h3-12,22H,13-14H2,1-2H3/p+1. The number of phenols is 1. The number of hydrogen-bond donors (Lipinski definition) is 2. The van der Waals surface area contributed by atoms with Crippen LogP contribution in [0, 0.1) is 0 Å². The summed E-state index contributed by atoms with van der Waals surface area (Å²) >= 11 is 0. The monoisotopic (exact) mass is 308 g/mol. The van der Waals surface area contributed by atoms with Gasteiger partial charge in [0.1, 0.15) is 24.6 Å². The maximum absolute atomic E-state index is 10.3. The first-order chi connectivity index (χ1) is 11.2. The summed E-state index contributed by atoms with van der Waals surface area (Å²) in [4.78, 5) is 1.32. The number of fused-ring (bicyclic) bond motifs is 1. The fourth-order valence-corrected chi connectivity index (χ4v) is 2.97. The van der Waals surface area contributed by atoms with Crippen molar-refractivity contribution >= 4 is 10.8 Å². The summed E-state index contributed by atoms with van der Waals surface area (Å²) in [5.74, 6) is 1.25. The molecule has 1 atom stereocenters. The molecule has 0 saturated carbocycles. The van der Waals surface area contributed by atoms with Crippen LogP contribution in [0.4, 0.5) is 0 Å². The molecule has 0 aliphatic carbocycles. The third-order valence-corrected chi connectivity index (χ3v) is 4.16. The highest BCUT2D eigenvalue weighted by Gasteiger charge is 2.12. The van der Waals surface area contributed by atoms with Gasteiger partial charge in [0.05, 0.1) is 19.7 Å². The zero-order chi connectivity index (χ0) is 16.2. The predicted molar refractivity (Wildman–Crippen MR) is 92.9 cm³/mol. The van der Waals surface area contributed by atoms with E-state index in [2.05, 4.69) is 31.3 Å². The first-order valence-corrected chi connectivity index (χ1v) is 7.81. The molecule has 0 radical (unpaired) electrons. The quantitative estimate of drug-likeness (QED) is 0.760. The van der Waals surface area contributed by atoms with Crippen LogP contribution in [-0.4, -0.2) is 19.3 Å². The van der Waals surface area contributed by atoms with Crippen molar-refractivity contribution in [2.75, 3.05) is 14.2 Å². The Morgan fingerprint density at radius 1 is 0.913 bits per heavy atom. The molecule has 3 aromatic rings. The molecule has 3 heteroatoms. The molecule has 0 spiro atoms. The largest absolute Gasteiger partial charge is 0.507 e. The molecule has 23 heavy (non-hydrogen) atoms. The molecule has 0 bridgehead atoms. The molecule has 0 aromatic heterocycles. The van der Waals surface area contributed by atoms with E-state index in [1.165, 1.54) is 10.5 Å². The second-order valence-electron chi connectivity index (χ2n) is 5.94. The van der Waals surface area contributed by atoms with Crippen molar-refractivity contribution in [3.63, 3.8) is 0 Å². The second kappa shape index (κ2) is 6.71. The van der Waals surface area contributed by atoms with Gasteiger partial charge in [-0.05, 0) is 41.1 Å². The lowest BCUT2D eigenvalue weighted by atomic mass is 10.0. The number of ether oxygens (including phenoxy) is 1. The van der Waals surface area contributed by atoms with Crippen LogP contribution in [0.2, 0.25) is 0 Å². The van der Waals surface area contributed by atoms with E-state index in [0.29, 0.717) is 5.75 Å². The minimum atomic E-state index is 0.373. The van der Waals surface area contributed by atoms with Crippen molar-refractivity contribution in [2.45, 2.75) is 13.1 Å². The normalized spacial score (nSPS) is 12.3. The summed E-state index contributed by atoms with van der Waals surface area (Å²) in [5, 5.41) is 12.6. The van der Waals surface area contributed by atoms with Gasteiger partial charge < -0.3 is 14.7 Å². The Morgan fingerprint density at radius 2 is 1.65 bits per heavy atom. The highest BCUT2D eigenvalue weighted by molar-refractivity contribution is 5.87. The van der Waals surface area contributed by atoms with Crippen molar-refractivity contribution < 1.29 is 14.7 Å². The summed E-state index contributed by atoms with van der Waals surface area (Å²) in [6.07, 6.45) is 0. The van der Waals surface area contributed by atoms with Crippen molar-refractivity contribution in [3.05, 3.63) is 71.8 Å². The first kappa shape index (κ1) is 15.4. The number of rotatable bonds is 5. The fraction of sp³-hybridized carbons (Fsp3) is 0.200. The molecule has 3 nitrogen and oxygen atoms in total. The molecule has 3 aromatic carbocycles. The number of phenolic OH excluding ortho intramolecular Hbond substituents is 1. The minimum Gasteiger partial charge on any atom is -0.507 e. The zero-order valence-electron chi connectivity index (χ0n) is 13.5. The number of methoxy groups -OCH3 is 1. The van der Waals surface area contributed by atoms with E-state index >= 15 is 0 Å². The van der Waals surface area contributed by atoms with Crippen molar-refractivity contribution in [3.8, 4) is 11.5 Å². The van der Waals surface area contributed by atoms with Crippen molar-refractivity contribution in [1.82, 2.24) is 0 Å². The third-order valence-electron chi connectivity index (χ3n) is 4.16. The van der Waals surface area contributed by atoms with Gasteiger partial charge in [-0.1, -0.05) is 30.3 Å². The van der Waals surface area contributed by atoms with Crippen LogP contribution in [0.15, 0.2) is 60.7 Å². The minimum absolute atomic E-state index is 0.373. The second-order valence-corrected chi connectivity index (χ2v) is 5.94. The Hall–Kier alpha value is -2.52. The molecular weight excluding hydrogens is 286 g/mol. The summed E-state index contributed by atoms with van der Waals surface area (Å²) in [6, 6.07) is 20.1. The summed E-state index contributed by atoms with van der Waals surface area (Å²) in [5.41, 5.74) is 2.26. The lowest BCUT2D eigenvalue weighted by Crippen LogP contribution is -3.06. The van der Waals surface area contributed by atoms with E-state index in [0.717, 1.165) is 35.2 Å². The third kappa shape index (κ3) is 3.46. The van der Waals surface area contributed by atoms with E-state index < -0.39 is 0 Å². The van der Waals surface area contributed by atoms with Crippen LogP contribution in [0.3, 0.4) is 0 Å². The highest BCUT2D eigenvalue weighted by atomic mass is 16.5. The van der Waals surface area contributed by atoms with Gasteiger partial charge in [-0.25, -0.2) is 0 Å². The van der Waals surface area contributed by atoms with Crippen LogP contribution in [0.25, 0.3) is 10.8 Å². The molecule has 0 heterocycles. The maximum atomic E-state index is 10.3. The smallest absolute Gasteiger partial charge is 0.125 e. The molecule has 0 fully saturated rings. The maximum Gasteiger partial charge on any atom is 0.125 e. The lowest BCUT2D eigenvalue weighted by molar-refractivity contribution is -0.907. The van der Waals surface area contributed by atoms with Gasteiger partial charge in [-0.3, -0.25) is 0 Å². The molecule has 0 amide bonds. The average Bonchev–Trinajstić information content (AvgIpc) is 2.58. The van der Waals surface area contributed by atoms with Gasteiger partial charge in [0, 0.05) is 5.56 Å². The van der Waals surface area contributed by atoms with Gasteiger partial charge in [0.2, 0.25) is 0 Å². The van der Waals surface area contributed by atoms with E-state index in [1.807, 2.05) is 30.3 Å². The Labute approximate surface area is 136 Å². The molecular formula is C20H22NO2+. The van der Waals surface area contributed by atoms with E-state index in [-0.39, 0.29) is 0 Å². The van der Waals surface area contributed by atoms with Crippen LogP contribution in [-0.2, 0) is 13.1 Å². The number of nitrogens with one attached hydrogen (secondary N) is 1. The van der Waals surface area contributed by atoms with Gasteiger partial charge in [0.25, 0.3) is 0 Å². The Bertz CT molecular complexity index is 796. The number of quaternary nitrogens is 1.